The number of piperidine rings is 1. The number of fused-ring (bicyclic) bond motifs is 1. The summed E-state index contributed by atoms with van der Waals surface area (Å²) in [5, 5.41) is 2.90. The Bertz CT molecular complexity index is 1320. The van der Waals surface area contributed by atoms with Crippen molar-refractivity contribution in [1.29, 1.82) is 0 Å². The number of halogens is 3. The fraction of sp³-hybridized carbons (Fsp3) is 0.516. The zero-order valence-electron chi connectivity index (χ0n) is 24.0. The van der Waals surface area contributed by atoms with E-state index in [0.717, 1.165) is 24.1 Å². The average Bonchev–Trinajstić information content (AvgIpc) is 2.97. The quantitative estimate of drug-likeness (QED) is 0.449. The minimum absolute atomic E-state index is 0.0438. The number of hydrogen-bond acceptors (Lipinski definition) is 6. The molecule has 12 heteroatoms. The van der Waals surface area contributed by atoms with Crippen LogP contribution in [0.25, 0.3) is 0 Å². The molecule has 9 nitrogen and oxygen atoms in total. The van der Waals surface area contributed by atoms with Crippen LogP contribution in [-0.2, 0) is 27.4 Å². The first-order valence-corrected chi connectivity index (χ1v) is 14.6. The number of anilines is 1. The third-order valence-electron chi connectivity index (χ3n) is 8.14. The highest BCUT2D eigenvalue weighted by atomic mass is 19.4. The highest BCUT2D eigenvalue weighted by Crippen LogP contribution is 2.33. The molecule has 0 atom stereocenters. The van der Waals surface area contributed by atoms with Crippen molar-refractivity contribution in [2.45, 2.75) is 82.8 Å². The van der Waals surface area contributed by atoms with Gasteiger partial charge in [-0.15, -0.1) is 0 Å². The molecule has 3 aliphatic rings. The Morgan fingerprint density at radius 1 is 1.02 bits per heavy atom. The number of nitrogens with one attached hydrogen (secondary N) is 1. The predicted octanol–water partition coefficient (Wildman–Crippen LogP) is 5.14. The van der Waals surface area contributed by atoms with Crippen molar-refractivity contribution in [3.05, 3.63) is 53.6 Å². The van der Waals surface area contributed by atoms with Crippen molar-refractivity contribution in [2.24, 2.45) is 0 Å². The van der Waals surface area contributed by atoms with E-state index in [9.17, 15) is 27.6 Å². The Balaban J connectivity index is 1.21. The van der Waals surface area contributed by atoms with Crippen LogP contribution in [0.4, 0.5) is 23.7 Å². The summed E-state index contributed by atoms with van der Waals surface area (Å²) in [4.78, 5) is 40.5. The van der Waals surface area contributed by atoms with Gasteiger partial charge in [0.25, 0.3) is 0 Å². The number of amides is 3. The molecule has 3 amide bonds. The van der Waals surface area contributed by atoms with Crippen LogP contribution in [-0.4, -0.2) is 66.9 Å². The Morgan fingerprint density at radius 2 is 1.74 bits per heavy atom. The van der Waals surface area contributed by atoms with Crippen LogP contribution < -0.4 is 19.7 Å². The fourth-order valence-electron chi connectivity index (χ4n) is 6.02. The Hall–Kier alpha value is -3.96. The highest BCUT2D eigenvalue weighted by Gasteiger charge is 2.35. The first-order valence-electron chi connectivity index (χ1n) is 14.6. The number of cyclic esters (lactones) is 1. The first-order chi connectivity index (χ1) is 20.6. The van der Waals surface area contributed by atoms with E-state index in [0.29, 0.717) is 50.1 Å². The first kappa shape index (κ1) is 30.5. The number of likely N-dealkylation sites (tertiary alicyclic amines) is 1. The van der Waals surface area contributed by atoms with Crippen molar-refractivity contribution < 1.29 is 41.8 Å². The van der Waals surface area contributed by atoms with Crippen LogP contribution >= 0.6 is 0 Å². The van der Waals surface area contributed by atoms with E-state index in [-0.39, 0.29) is 48.8 Å². The maximum absolute atomic E-state index is 13.3. The van der Waals surface area contributed by atoms with Crippen molar-refractivity contribution in [3.8, 4) is 11.5 Å². The summed E-state index contributed by atoms with van der Waals surface area (Å²) in [5.74, 6) is 0.00761. The molecule has 2 heterocycles. The van der Waals surface area contributed by atoms with Crippen molar-refractivity contribution in [2.75, 3.05) is 24.6 Å². The number of carbonyl (C=O) groups excluding carboxylic acids is 3. The lowest BCUT2D eigenvalue weighted by Gasteiger charge is -2.40. The van der Waals surface area contributed by atoms with Gasteiger partial charge < -0.3 is 24.4 Å². The lowest BCUT2D eigenvalue weighted by molar-refractivity contribution is -0.153. The number of carbonyl (C=O) groups is 3. The molecule has 1 saturated heterocycles. The molecule has 5 rings (SSSR count). The maximum atomic E-state index is 13.3. The van der Waals surface area contributed by atoms with Gasteiger partial charge in [0.05, 0.1) is 18.2 Å². The summed E-state index contributed by atoms with van der Waals surface area (Å²) in [5.41, 5.74) is 2.08. The highest BCUT2D eigenvalue weighted by molar-refractivity contribution is 5.91. The smallest absolute Gasteiger partial charge is 0.422 e. The molecule has 2 aliphatic heterocycles. The van der Waals surface area contributed by atoms with Gasteiger partial charge in [0.1, 0.15) is 18.1 Å². The molecular weight excluding hydrogens is 567 g/mol. The second-order valence-corrected chi connectivity index (χ2v) is 11.3. The van der Waals surface area contributed by atoms with E-state index in [2.05, 4.69) is 5.32 Å². The molecular formula is C31H36F3N3O6. The molecule has 0 spiro atoms. The summed E-state index contributed by atoms with van der Waals surface area (Å²) in [7, 11) is 0. The van der Waals surface area contributed by atoms with E-state index < -0.39 is 18.9 Å². The Kier molecular flexibility index (Phi) is 9.31. The average molecular weight is 604 g/mol. The van der Waals surface area contributed by atoms with Gasteiger partial charge in [-0.25, -0.2) is 4.79 Å². The van der Waals surface area contributed by atoms with Gasteiger partial charge in [0.2, 0.25) is 11.8 Å². The number of benzene rings is 2. The molecule has 0 radical (unpaired) electrons. The van der Waals surface area contributed by atoms with Gasteiger partial charge in [-0.3, -0.25) is 14.5 Å². The molecule has 232 valence electrons. The number of ether oxygens (including phenoxy) is 3. The van der Waals surface area contributed by atoms with Gasteiger partial charge in [0.15, 0.2) is 6.61 Å². The third-order valence-corrected chi connectivity index (χ3v) is 8.14. The van der Waals surface area contributed by atoms with Crippen LogP contribution in [0.2, 0.25) is 0 Å². The van der Waals surface area contributed by atoms with Crippen LogP contribution in [0, 0.1) is 0 Å². The zero-order valence-corrected chi connectivity index (χ0v) is 24.0. The molecule has 1 aliphatic carbocycles. The molecule has 1 saturated carbocycles. The lowest BCUT2D eigenvalue weighted by atomic mass is 9.93. The van der Waals surface area contributed by atoms with Crippen LogP contribution in [0.5, 0.6) is 11.5 Å². The van der Waals surface area contributed by atoms with E-state index in [1.165, 1.54) is 13.0 Å². The number of nitrogens with zero attached hydrogens (tertiary/aromatic N) is 2. The van der Waals surface area contributed by atoms with Gasteiger partial charge >= 0.3 is 12.3 Å². The van der Waals surface area contributed by atoms with E-state index in [1.54, 1.807) is 21.9 Å². The van der Waals surface area contributed by atoms with E-state index >= 15 is 0 Å². The van der Waals surface area contributed by atoms with E-state index in [4.69, 9.17) is 14.2 Å². The van der Waals surface area contributed by atoms with Gasteiger partial charge in [-0.2, -0.15) is 13.2 Å². The number of hydrogen-bond donors (Lipinski definition) is 1. The molecule has 0 bridgehead atoms. The molecule has 2 aromatic carbocycles. The SMILES string of the molecule is CC(=O)NC1CCC(Oc2ccc(CC(=O)N3CCC(N4C(=O)OCc5ccccc54)CC3)c(OCC(F)(F)F)c2)CC1. The Morgan fingerprint density at radius 3 is 2.44 bits per heavy atom. The number of alkyl halides is 3. The zero-order chi connectivity index (χ0) is 30.6. The van der Waals surface area contributed by atoms with Crippen LogP contribution in [0.15, 0.2) is 42.5 Å². The normalized spacial score (nSPS) is 21.1. The third kappa shape index (κ3) is 7.91. The minimum atomic E-state index is -4.55. The fourth-order valence-corrected chi connectivity index (χ4v) is 6.02. The number of rotatable bonds is 8. The maximum Gasteiger partial charge on any atom is 0.422 e. The lowest BCUT2D eigenvalue weighted by Crippen LogP contribution is -2.50. The minimum Gasteiger partial charge on any atom is -0.490 e. The second kappa shape index (κ2) is 13.1. The summed E-state index contributed by atoms with van der Waals surface area (Å²) in [6.45, 7) is 1.02. The monoisotopic (exact) mass is 603 g/mol. The largest absolute Gasteiger partial charge is 0.490 e. The Labute approximate surface area is 248 Å². The molecule has 2 fully saturated rings. The summed E-state index contributed by atoms with van der Waals surface area (Å²) < 4.78 is 55.7. The summed E-state index contributed by atoms with van der Waals surface area (Å²) in [6, 6.07) is 12.2. The molecule has 43 heavy (non-hydrogen) atoms. The molecule has 0 aromatic heterocycles. The second-order valence-electron chi connectivity index (χ2n) is 11.3. The summed E-state index contributed by atoms with van der Waals surface area (Å²) in [6.07, 6.45) is -1.25. The van der Waals surface area contributed by atoms with Crippen molar-refractivity contribution in [3.63, 3.8) is 0 Å². The van der Waals surface area contributed by atoms with Crippen LogP contribution in [0.3, 0.4) is 0 Å². The molecule has 1 N–H and O–H groups in total. The van der Waals surface area contributed by atoms with Gasteiger partial charge in [0, 0.05) is 49.3 Å². The van der Waals surface area contributed by atoms with Gasteiger partial charge in [-0.1, -0.05) is 24.3 Å². The number of para-hydroxylation sites is 1. The van der Waals surface area contributed by atoms with Crippen molar-refractivity contribution in [1.82, 2.24) is 10.2 Å². The van der Waals surface area contributed by atoms with Gasteiger partial charge in [-0.05, 0) is 50.7 Å². The predicted molar refractivity (Wildman–Crippen MR) is 151 cm³/mol. The topological polar surface area (TPSA) is 97.4 Å². The summed E-state index contributed by atoms with van der Waals surface area (Å²) >= 11 is 0. The van der Waals surface area contributed by atoms with Crippen molar-refractivity contribution >= 4 is 23.6 Å². The molecule has 0 unspecified atom stereocenters. The molecule has 2 aromatic rings. The van der Waals surface area contributed by atoms with Crippen LogP contribution in [0.1, 0.15) is 56.6 Å². The standard InChI is InChI=1S/C31H36F3N3O6/c1-20(38)35-23-7-10-25(11-8-23)43-26-9-6-21(28(17-26)42-19-31(32,33)34)16-29(39)36-14-12-24(13-15-36)37-27-5-3-2-4-22(27)18-41-30(37)40/h2-6,9,17,23-25H,7-8,10-16,18-19H2,1H3,(H,35,38). The van der Waals surface area contributed by atoms with E-state index in [1.807, 2.05) is 24.3 Å².